The summed E-state index contributed by atoms with van der Waals surface area (Å²) in [6.07, 6.45) is 1.72. The minimum atomic E-state index is -0.331. The number of carbonyl (C=O) groups excluding carboxylic acids is 1. The first-order valence-electron chi connectivity index (χ1n) is 4.66. The lowest BCUT2D eigenvalue weighted by Gasteiger charge is -2.03. The van der Waals surface area contributed by atoms with Gasteiger partial charge in [-0.1, -0.05) is 24.8 Å². The Labute approximate surface area is 89.3 Å². The predicted octanol–water partition coefficient (Wildman–Crippen LogP) is 2.13. The van der Waals surface area contributed by atoms with Crippen LogP contribution in [0.2, 0.25) is 0 Å². The third-order valence-electron chi connectivity index (χ3n) is 1.90. The lowest BCUT2D eigenvalue weighted by molar-refractivity contribution is 0.0388. The zero-order chi connectivity index (χ0) is 11.1. The quantitative estimate of drug-likeness (QED) is 0.547. The molecule has 0 amide bonds. The zero-order valence-corrected chi connectivity index (χ0v) is 8.73. The molecule has 0 saturated carbocycles. The highest BCUT2D eigenvalue weighted by Crippen LogP contribution is 2.06. The summed E-state index contributed by atoms with van der Waals surface area (Å²) >= 11 is 0. The molecule has 0 aliphatic rings. The van der Waals surface area contributed by atoms with Gasteiger partial charge in [-0.2, -0.15) is 0 Å². The summed E-state index contributed by atoms with van der Waals surface area (Å²) in [5.41, 5.74) is 1.51. The average molecular weight is 206 g/mol. The number of ether oxygens (including phenoxy) is 2. The number of benzene rings is 1. The molecule has 0 bridgehead atoms. The second kappa shape index (κ2) is 5.98. The normalized spacial score (nSPS) is 9.67. The van der Waals surface area contributed by atoms with E-state index in [1.165, 1.54) is 0 Å². The van der Waals surface area contributed by atoms with Crippen LogP contribution in [0.5, 0.6) is 0 Å². The summed E-state index contributed by atoms with van der Waals surface area (Å²) in [6.45, 7) is 4.32. The van der Waals surface area contributed by atoms with Crippen molar-refractivity contribution in [2.75, 3.05) is 20.3 Å². The van der Waals surface area contributed by atoms with Crippen LogP contribution < -0.4 is 0 Å². The fraction of sp³-hybridized carbons (Fsp3) is 0.250. The molecule has 1 rings (SSSR count). The second-order valence-electron chi connectivity index (χ2n) is 2.95. The smallest absolute Gasteiger partial charge is 0.338 e. The molecule has 0 unspecified atom stereocenters. The van der Waals surface area contributed by atoms with Gasteiger partial charge in [0.25, 0.3) is 0 Å². The first-order chi connectivity index (χ1) is 7.27. The molecule has 0 radical (unpaired) electrons. The Morgan fingerprint density at radius 1 is 1.33 bits per heavy atom. The predicted molar refractivity (Wildman–Crippen MR) is 58.7 cm³/mol. The molecule has 0 fully saturated rings. The van der Waals surface area contributed by atoms with E-state index < -0.39 is 0 Å². The first kappa shape index (κ1) is 11.5. The van der Waals surface area contributed by atoms with Crippen molar-refractivity contribution in [1.29, 1.82) is 0 Å². The van der Waals surface area contributed by atoms with E-state index in [0.29, 0.717) is 12.2 Å². The van der Waals surface area contributed by atoms with Crippen molar-refractivity contribution < 1.29 is 14.3 Å². The molecule has 0 heterocycles. The Morgan fingerprint density at radius 2 is 2.00 bits per heavy atom. The van der Waals surface area contributed by atoms with E-state index in [9.17, 15) is 4.79 Å². The molecule has 0 atom stereocenters. The summed E-state index contributed by atoms with van der Waals surface area (Å²) < 4.78 is 9.73. The molecule has 15 heavy (non-hydrogen) atoms. The highest BCUT2D eigenvalue weighted by molar-refractivity contribution is 5.89. The molecule has 0 N–H and O–H groups in total. The molecule has 3 nitrogen and oxygen atoms in total. The number of rotatable bonds is 5. The van der Waals surface area contributed by atoms with Gasteiger partial charge in [-0.15, -0.1) is 0 Å². The summed E-state index contributed by atoms with van der Waals surface area (Å²) in [6, 6.07) is 7.07. The van der Waals surface area contributed by atoms with Gasteiger partial charge in [0, 0.05) is 7.11 Å². The van der Waals surface area contributed by atoms with Crippen molar-refractivity contribution >= 4 is 12.0 Å². The van der Waals surface area contributed by atoms with E-state index in [0.717, 1.165) is 5.56 Å². The van der Waals surface area contributed by atoms with Crippen LogP contribution in [0.1, 0.15) is 15.9 Å². The van der Waals surface area contributed by atoms with Crippen LogP contribution in [-0.4, -0.2) is 26.3 Å². The number of carbonyl (C=O) groups is 1. The third kappa shape index (κ3) is 3.56. The van der Waals surface area contributed by atoms with Crippen LogP contribution in [0.4, 0.5) is 0 Å². The van der Waals surface area contributed by atoms with E-state index in [4.69, 9.17) is 9.47 Å². The third-order valence-corrected chi connectivity index (χ3v) is 1.90. The molecule has 0 aromatic heterocycles. The molecule has 0 spiro atoms. The highest BCUT2D eigenvalue weighted by Gasteiger charge is 2.05. The van der Waals surface area contributed by atoms with E-state index in [2.05, 4.69) is 6.58 Å². The summed E-state index contributed by atoms with van der Waals surface area (Å²) in [4.78, 5) is 11.4. The Hall–Kier alpha value is -1.61. The molecule has 1 aromatic rings. The van der Waals surface area contributed by atoms with Gasteiger partial charge in [0.05, 0.1) is 12.2 Å². The molecule has 80 valence electrons. The minimum Gasteiger partial charge on any atom is -0.460 e. The zero-order valence-electron chi connectivity index (χ0n) is 8.73. The largest absolute Gasteiger partial charge is 0.460 e. The molecule has 3 heteroatoms. The monoisotopic (exact) mass is 206 g/mol. The van der Waals surface area contributed by atoms with Gasteiger partial charge in [0.15, 0.2) is 0 Å². The Kier molecular flexibility index (Phi) is 4.57. The standard InChI is InChI=1S/C12H14O3/c1-3-10-4-6-11(7-5-10)12(13)15-9-8-14-2/h3-7H,1,8-9H2,2H3. The molecular formula is C12H14O3. The molecular weight excluding hydrogens is 192 g/mol. The van der Waals surface area contributed by atoms with Crippen molar-refractivity contribution in [3.8, 4) is 0 Å². The van der Waals surface area contributed by atoms with Crippen molar-refractivity contribution in [2.45, 2.75) is 0 Å². The van der Waals surface area contributed by atoms with Crippen molar-refractivity contribution in [3.63, 3.8) is 0 Å². The summed E-state index contributed by atoms with van der Waals surface area (Å²) in [7, 11) is 1.56. The van der Waals surface area contributed by atoms with Crippen LogP contribution in [0.15, 0.2) is 30.8 Å². The van der Waals surface area contributed by atoms with Crippen LogP contribution in [0, 0.1) is 0 Å². The molecule has 1 aromatic carbocycles. The SMILES string of the molecule is C=Cc1ccc(C(=O)OCCOC)cc1. The van der Waals surface area contributed by atoms with Gasteiger partial charge in [0.2, 0.25) is 0 Å². The fourth-order valence-corrected chi connectivity index (χ4v) is 1.06. The summed E-state index contributed by atoms with van der Waals surface area (Å²) in [5.74, 6) is -0.331. The van der Waals surface area contributed by atoms with Crippen LogP contribution in [0.25, 0.3) is 6.08 Å². The average Bonchev–Trinajstić information content (AvgIpc) is 2.29. The number of hydrogen-bond donors (Lipinski definition) is 0. The van der Waals surface area contributed by atoms with Gasteiger partial charge >= 0.3 is 5.97 Å². The molecule has 0 saturated heterocycles. The van der Waals surface area contributed by atoms with Crippen molar-refractivity contribution in [2.24, 2.45) is 0 Å². The van der Waals surface area contributed by atoms with Gasteiger partial charge < -0.3 is 9.47 Å². The van der Waals surface area contributed by atoms with E-state index in [1.54, 1.807) is 25.3 Å². The topological polar surface area (TPSA) is 35.5 Å². The van der Waals surface area contributed by atoms with Gasteiger partial charge in [-0.05, 0) is 17.7 Å². The maximum atomic E-state index is 11.4. The van der Waals surface area contributed by atoms with Crippen LogP contribution >= 0.6 is 0 Å². The van der Waals surface area contributed by atoms with Crippen LogP contribution in [-0.2, 0) is 9.47 Å². The van der Waals surface area contributed by atoms with E-state index in [1.807, 2.05) is 12.1 Å². The lowest BCUT2D eigenvalue weighted by Crippen LogP contribution is -2.09. The van der Waals surface area contributed by atoms with E-state index in [-0.39, 0.29) is 12.6 Å². The summed E-state index contributed by atoms with van der Waals surface area (Å²) in [5, 5.41) is 0. The maximum Gasteiger partial charge on any atom is 0.338 e. The lowest BCUT2D eigenvalue weighted by atomic mass is 10.1. The Morgan fingerprint density at radius 3 is 2.53 bits per heavy atom. The second-order valence-corrected chi connectivity index (χ2v) is 2.95. The fourth-order valence-electron chi connectivity index (χ4n) is 1.06. The van der Waals surface area contributed by atoms with E-state index >= 15 is 0 Å². The number of esters is 1. The first-order valence-corrected chi connectivity index (χ1v) is 4.66. The Balaban J connectivity index is 2.54. The van der Waals surface area contributed by atoms with Gasteiger partial charge in [0.1, 0.15) is 6.61 Å². The van der Waals surface area contributed by atoms with Gasteiger partial charge in [-0.3, -0.25) is 0 Å². The van der Waals surface area contributed by atoms with Crippen LogP contribution in [0.3, 0.4) is 0 Å². The number of methoxy groups -OCH3 is 1. The highest BCUT2D eigenvalue weighted by atomic mass is 16.6. The van der Waals surface area contributed by atoms with Crippen molar-refractivity contribution in [3.05, 3.63) is 42.0 Å². The minimum absolute atomic E-state index is 0.276. The Bertz CT molecular complexity index is 327. The van der Waals surface area contributed by atoms with Crippen molar-refractivity contribution in [1.82, 2.24) is 0 Å². The molecule has 0 aliphatic heterocycles. The number of hydrogen-bond acceptors (Lipinski definition) is 3. The maximum absolute atomic E-state index is 11.4. The van der Waals surface area contributed by atoms with Gasteiger partial charge in [-0.25, -0.2) is 4.79 Å². The molecule has 0 aliphatic carbocycles.